The molecule has 1 unspecified atom stereocenters. The van der Waals surface area contributed by atoms with Crippen LogP contribution in [0.2, 0.25) is 0 Å². The second-order valence-electron chi connectivity index (χ2n) is 4.68. The Kier molecular flexibility index (Phi) is 6.09. The first kappa shape index (κ1) is 15.1. The van der Waals surface area contributed by atoms with Crippen LogP contribution in [0.1, 0.15) is 31.0 Å². The van der Waals surface area contributed by atoms with E-state index in [1.54, 1.807) is 11.8 Å². The zero-order valence-electron chi connectivity index (χ0n) is 12.2. The largest absolute Gasteiger partial charge is 0.309 e. The molecule has 0 aliphatic heterocycles. The van der Waals surface area contributed by atoms with Crippen LogP contribution in [0.4, 0.5) is 0 Å². The van der Waals surface area contributed by atoms with Gasteiger partial charge in [-0.2, -0.15) is 0 Å². The normalized spacial score (nSPS) is 12.3. The average molecular weight is 286 g/mol. The second-order valence-corrected chi connectivity index (χ2v) is 5.72. The summed E-state index contributed by atoms with van der Waals surface area (Å²) in [6.45, 7) is 5.32. The summed E-state index contributed by atoms with van der Waals surface area (Å²) in [6.07, 6.45) is 2.94. The van der Waals surface area contributed by atoms with Crippen LogP contribution in [0, 0.1) is 0 Å². The Labute approximate surface area is 126 Å². The van der Waals surface area contributed by atoms with Gasteiger partial charge in [-0.3, -0.25) is 0 Å². The van der Waals surface area contributed by atoms with Gasteiger partial charge in [-0.1, -0.05) is 44.2 Å². The molecule has 1 atom stereocenters. The first-order valence-corrected chi connectivity index (χ1v) is 8.18. The maximum atomic E-state index is 4.37. The topological polar surface area (TPSA) is 24.9 Å². The van der Waals surface area contributed by atoms with Gasteiger partial charge in [-0.05, 0) is 36.2 Å². The number of hydrogen-bond acceptors (Lipinski definition) is 3. The third-order valence-corrected chi connectivity index (χ3v) is 4.31. The minimum absolute atomic E-state index is 0.373. The molecule has 0 bridgehead atoms. The standard InChI is InChI=1S/C17H22N2S/c1-3-14-8-10-15(11-9-14)16(18-4-2)13-20-17-7-5-6-12-19-17/h5-12,16,18H,3-4,13H2,1-2H3. The number of hydrogen-bond donors (Lipinski definition) is 1. The fourth-order valence-electron chi connectivity index (χ4n) is 2.11. The molecule has 3 heteroatoms. The molecule has 0 saturated heterocycles. The molecule has 0 saturated carbocycles. The predicted molar refractivity (Wildman–Crippen MR) is 87.2 cm³/mol. The molecule has 0 radical (unpaired) electrons. The molecule has 2 aromatic rings. The molecule has 106 valence electrons. The van der Waals surface area contributed by atoms with Gasteiger partial charge in [0.05, 0.1) is 5.03 Å². The highest BCUT2D eigenvalue weighted by molar-refractivity contribution is 7.99. The minimum atomic E-state index is 0.373. The summed E-state index contributed by atoms with van der Waals surface area (Å²) in [5.41, 5.74) is 2.74. The summed E-state index contributed by atoms with van der Waals surface area (Å²) in [4.78, 5) is 4.37. The van der Waals surface area contributed by atoms with Gasteiger partial charge in [0.15, 0.2) is 0 Å². The Morgan fingerprint density at radius 1 is 1.10 bits per heavy atom. The third kappa shape index (κ3) is 4.36. The molecule has 2 rings (SSSR count). The first-order chi connectivity index (χ1) is 9.83. The van der Waals surface area contributed by atoms with Crippen molar-refractivity contribution in [2.45, 2.75) is 31.3 Å². The number of aromatic nitrogens is 1. The lowest BCUT2D eigenvalue weighted by Crippen LogP contribution is -2.23. The van der Waals surface area contributed by atoms with E-state index < -0.39 is 0 Å². The molecule has 1 aromatic heterocycles. The van der Waals surface area contributed by atoms with Gasteiger partial charge in [0, 0.05) is 18.0 Å². The maximum absolute atomic E-state index is 4.37. The van der Waals surface area contributed by atoms with E-state index in [2.05, 4.69) is 54.5 Å². The van der Waals surface area contributed by atoms with Crippen molar-refractivity contribution in [1.29, 1.82) is 0 Å². The quantitative estimate of drug-likeness (QED) is 0.776. The molecule has 20 heavy (non-hydrogen) atoms. The number of thioether (sulfide) groups is 1. The number of pyridine rings is 1. The molecule has 0 aliphatic rings. The summed E-state index contributed by atoms with van der Waals surface area (Å²) in [5, 5.41) is 4.64. The first-order valence-electron chi connectivity index (χ1n) is 7.19. The van der Waals surface area contributed by atoms with Gasteiger partial charge in [-0.15, -0.1) is 11.8 Å². The molecular weight excluding hydrogens is 264 g/mol. The van der Waals surface area contributed by atoms with Crippen LogP contribution in [0.3, 0.4) is 0 Å². The number of benzene rings is 1. The van der Waals surface area contributed by atoms with E-state index in [1.165, 1.54) is 11.1 Å². The van der Waals surface area contributed by atoms with Gasteiger partial charge < -0.3 is 5.32 Å². The highest BCUT2D eigenvalue weighted by Crippen LogP contribution is 2.23. The van der Waals surface area contributed by atoms with E-state index in [0.29, 0.717) is 6.04 Å². The van der Waals surface area contributed by atoms with Crippen molar-refractivity contribution >= 4 is 11.8 Å². The molecule has 2 nitrogen and oxygen atoms in total. The Balaban J connectivity index is 2.02. The fourth-order valence-corrected chi connectivity index (χ4v) is 3.06. The van der Waals surface area contributed by atoms with Crippen molar-refractivity contribution in [3.63, 3.8) is 0 Å². The number of aryl methyl sites for hydroxylation is 1. The van der Waals surface area contributed by atoms with Crippen LogP contribution in [-0.4, -0.2) is 17.3 Å². The summed E-state index contributed by atoms with van der Waals surface area (Å²) in [5.74, 6) is 0.996. The van der Waals surface area contributed by atoms with Gasteiger partial charge in [-0.25, -0.2) is 4.98 Å². The second kappa shape index (κ2) is 8.08. The molecular formula is C17H22N2S. The van der Waals surface area contributed by atoms with Crippen molar-refractivity contribution < 1.29 is 0 Å². The Bertz CT molecular complexity index is 496. The van der Waals surface area contributed by atoms with Crippen LogP contribution >= 0.6 is 11.8 Å². The lowest BCUT2D eigenvalue weighted by molar-refractivity contribution is 0.605. The highest BCUT2D eigenvalue weighted by atomic mass is 32.2. The van der Waals surface area contributed by atoms with Crippen LogP contribution in [0.5, 0.6) is 0 Å². The molecule has 0 fully saturated rings. The maximum Gasteiger partial charge on any atom is 0.0960 e. The van der Waals surface area contributed by atoms with Crippen molar-refractivity contribution in [1.82, 2.24) is 10.3 Å². The Morgan fingerprint density at radius 2 is 1.90 bits per heavy atom. The van der Waals surface area contributed by atoms with Gasteiger partial charge in [0.1, 0.15) is 0 Å². The van der Waals surface area contributed by atoms with Crippen LogP contribution in [0.25, 0.3) is 0 Å². The average Bonchev–Trinajstić information content (AvgIpc) is 2.52. The van der Waals surface area contributed by atoms with E-state index in [0.717, 1.165) is 23.7 Å². The summed E-state index contributed by atoms with van der Waals surface area (Å²) in [7, 11) is 0. The van der Waals surface area contributed by atoms with Crippen molar-refractivity contribution in [2.75, 3.05) is 12.3 Å². The molecule has 1 heterocycles. The molecule has 1 N–H and O–H groups in total. The summed E-state index contributed by atoms with van der Waals surface area (Å²) >= 11 is 1.80. The van der Waals surface area contributed by atoms with E-state index in [-0.39, 0.29) is 0 Å². The van der Waals surface area contributed by atoms with E-state index in [1.807, 2.05) is 18.3 Å². The smallest absolute Gasteiger partial charge is 0.0960 e. The SMILES string of the molecule is CCNC(CSc1ccccn1)c1ccc(CC)cc1. The number of nitrogens with zero attached hydrogens (tertiary/aromatic N) is 1. The molecule has 0 aliphatic carbocycles. The molecule has 1 aromatic carbocycles. The van der Waals surface area contributed by atoms with Gasteiger partial charge >= 0.3 is 0 Å². The highest BCUT2D eigenvalue weighted by Gasteiger charge is 2.11. The summed E-state index contributed by atoms with van der Waals surface area (Å²) in [6, 6.07) is 15.4. The van der Waals surface area contributed by atoms with E-state index >= 15 is 0 Å². The van der Waals surface area contributed by atoms with E-state index in [4.69, 9.17) is 0 Å². The zero-order chi connectivity index (χ0) is 14.2. The van der Waals surface area contributed by atoms with E-state index in [9.17, 15) is 0 Å². The lowest BCUT2D eigenvalue weighted by Gasteiger charge is -2.18. The van der Waals surface area contributed by atoms with Gasteiger partial charge in [0.2, 0.25) is 0 Å². The fraction of sp³-hybridized carbons (Fsp3) is 0.353. The predicted octanol–water partition coefficient (Wildman–Crippen LogP) is 4.09. The van der Waals surface area contributed by atoms with Crippen molar-refractivity contribution in [2.24, 2.45) is 0 Å². The minimum Gasteiger partial charge on any atom is -0.309 e. The number of nitrogens with one attached hydrogen (secondary N) is 1. The summed E-state index contributed by atoms with van der Waals surface area (Å²) < 4.78 is 0. The molecule has 0 spiro atoms. The van der Waals surface area contributed by atoms with Crippen LogP contribution in [-0.2, 0) is 6.42 Å². The zero-order valence-corrected chi connectivity index (χ0v) is 13.0. The van der Waals surface area contributed by atoms with Crippen molar-refractivity contribution in [3.8, 4) is 0 Å². The monoisotopic (exact) mass is 286 g/mol. The third-order valence-electron chi connectivity index (χ3n) is 3.28. The number of rotatable bonds is 7. The van der Waals surface area contributed by atoms with Gasteiger partial charge in [0.25, 0.3) is 0 Å². The lowest BCUT2D eigenvalue weighted by atomic mass is 10.1. The molecule has 0 amide bonds. The van der Waals surface area contributed by atoms with Crippen molar-refractivity contribution in [3.05, 3.63) is 59.8 Å². The van der Waals surface area contributed by atoms with Crippen LogP contribution < -0.4 is 5.32 Å². The Morgan fingerprint density at radius 3 is 2.50 bits per heavy atom. The van der Waals surface area contributed by atoms with Crippen LogP contribution in [0.15, 0.2) is 53.7 Å². The Hall–Kier alpha value is -1.32.